The van der Waals surface area contributed by atoms with Gasteiger partial charge in [-0.25, -0.2) is 0 Å². The molecule has 0 aromatic heterocycles. The highest BCUT2D eigenvalue weighted by Gasteiger charge is 2.29. The second-order valence-corrected chi connectivity index (χ2v) is 13.2. The van der Waals surface area contributed by atoms with Crippen molar-refractivity contribution < 1.29 is 38.0 Å². The van der Waals surface area contributed by atoms with Crippen molar-refractivity contribution in [3.05, 3.63) is 35.4 Å². The fourth-order valence-electron chi connectivity index (χ4n) is 6.54. The lowest BCUT2D eigenvalue weighted by atomic mass is 9.98. The van der Waals surface area contributed by atoms with E-state index in [2.05, 4.69) is 48.1 Å². The van der Waals surface area contributed by atoms with Gasteiger partial charge < -0.3 is 38.2 Å². The molecule has 2 N–H and O–H groups in total. The van der Waals surface area contributed by atoms with Crippen LogP contribution >= 0.6 is 24.4 Å². The monoisotopic (exact) mass is 732 g/mol. The first-order valence-electron chi connectivity index (χ1n) is 16.7. The van der Waals surface area contributed by atoms with Gasteiger partial charge in [-0.2, -0.15) is 0 Å². The molecule has 2 amide bonds. The highest BCUT2D eigenvalue weighted by atomic mass is 32.1. The number of benzene rings is 2. The minimum atomic E-state index is -0.297. The van der Waals surface area contributed by atoms with Gasteiger partial charge in [-0.05, 0) is 115 Å². The zero-order valence-electron chi connectivity index (χ0n) is 30.8. The Bertz CT molecular complexity index is 1340. The minimum Gasteiger partial charge on any atom is -0.493 e. The Morgan fingerprint density at radius 2 is 0.800 bits per heavy atom. The summed E-state index contributed by atoms with van der Waals surface area (Å²) in [5, 5.41) is 6.58. The Labute approximate surface area is 307 Å². The molecule has 0 aliphatic carbocycles. The zero-order valence-corrected chi connectivity index (χ0v) is 32.5. The number of amides is 2. The van der Waals surface area contributed by atoms with Crippen molar-refractivity contribution in [2.45, 2.75) is 90.4 Å². The summed E-state index contributed by atoms with van der Waals surface area (Å²) in [5.74, 6) is 2.01. The number of carbonyl (C=O) groups is 2. The summed E-state index contributed by atoms with van der Waals surface area (Å²) in [6.45, 7) is 8.53. The fraction of sp³-hybridized carbons (Fsp3) is 0.556. The van der Waals surface area contributed by atoms with E-state index >= 15 is 0 Å². The van der Waals surface area contributed by atoms with Crippen molar-refractivity contribution in [1.82, 2.24) is 20.4 Å². The topological polar surface area (TPSA) is 120 Å². The van der Waals surface area contributed by atoms with E-state index in [1.54, 1.807) is 24.3 Å². The molecule has 0 bridgehead atoms. The van der Waals surface area contributed by atoms with Crippen LogP contribution in [0.4, 0.5) is 0 Å². The lowest BCUT2D eigenvalue weighted by Crippen LogP contribution is -2.52. The van der Waals surface area contributed by atoms with E-state index < -0.39 is 0 Å². The summed E-state index contributed by atoms with van der Waals surface area (Å²) in [4.78, 5) is 29.6. The molecule has 4 atom stereocenters. The van der Waals surface area contributed by atoms with Gasteiger partial charge in [0.15, 0.2) is 33.2 Å². The number of methoxy groups -OCH3 is 6. The molecule has 50 heavy (non-hydrogen) atoms. The zero-order chi connectivity index (χ0) is 37.1. The summed E-state index contributed by atoms with van der Waals surface area (Å²) < 4.78 is 31.8. The Morgan fingerprint density at radius 3 is 1.02 bits per heavy atom. The average Bonchev–Trinajstić information content (AvgIpc) is 3.10. The molecule has 2 aromatic rings. The van der Waals surface area contributed by atoms with E-state index in [0.29, 0.717) is 80.0 Å². The molecule has 4 rings (SSSR count). The number of nitrogens with zero attached hydrogens (tertiary/aromatic N) is 2. The van der Waals surface area contributed by atoms with Gasteiger partial charge in [-0.3, -0.25) is 20.2 Å². The number of thiocarbonyl (C=S) groups is 2. The SMILES string of the molecule is COc1cc(C(=O)NC(=S)N2[C@H](C)CCC[C@@H]2C)cc(OC)c1OC.COc1cc(C(=O)NC(=S)N2[C@H](C)CCC[C@@H]2C)cc(OC)c1OC. The molecule has 2 aliphatic rings. The van der Waals surface area contributed by atoms with Crippen molar-refractivity contribution in [2.24, 2.45) is 0 Å². The molecule has 2 heterocycles. The number of likely N-dealkylation sites (tertiary alicyclic amines) is 2. The maximum atomic E-state index is 12.7. The largest absolute Gasteiger partial charge is 0.493 e. The summed E-state index contributed by atoms with van der Waals surface area (Å²) >= 11 is 11.0. The summed E-state index contributed by atoms with van der Waals surface area (Å²) in [5.41, 5.74) is 0.795. The number of hydrogen-bond donors (Lipinski definition) is 2. The standard InChI is InChI=1S/2C18H26N2O4S/c2*1-11-7-6-8-12(2)20(11)18(25)19-17(21)13-9-14(22-3)16(24-5)15(10-13)23-4/h2*9-12H,6-8H2,1-5H3,(H,19,21,25)/t2*11-,12+. The van der Waals surface area contributed by atoms with E-state index in [9.17, 15) is 9.59 Å². The lowest BCUT2D eigenvalue weighted by Gasteiger charge is -2.40. The summed E-state index contributed by atoms with van der Waals surface area (Å²) in [7, 11) is 9.10. The van der Waals surface area contributed by atoms with Gasteiger partial charge in [0.1, 0.15) is 0 Å². The van der Waals surface area contributed by atoms with Crippen LogP contribution in [0.25, 0.3) is 0 Å². The molecule has 14 heteroatoms. The summed E-state index contributed by atoms with van der Waals surface area (Å²) in [6, 6.07) is 7.72. The van der Waals surface area contributed by atoms with Gasteiger partial charge in [0.2, 0.25) is 11.5 Å². The molecule has 0 unspecified atom stereocenters. The molecule has 0 spiro atoms. The molecule has 0 saturated carbocycles. The van der Waals surface area contributed by atoms with Crippen LogP contribution in [0.1, 0.15) is 86.9 Å². The molecular weight excluding hydrogens is 681 g/mol. The molecule has 2 saturated heterocycles. The van der Waals surface area contributed by atoms with E-state index in [4.69, 9.17) is 52.9 Å². The van der Waals surface area contributed by atoms with Crippen LogP contribution in [0.2, 0.25) is 0 Å². The van der Waals surface area contributed by atoms with Gasteiger partial charge in [0.05, 0.1) is 42.7 Å². The average molecular weight is 733 g/mol. The Balaban J connectivity index is 0.000000270. The number of ether oxygens (including phenoxy) is 6. The number of piperidine rings is 2. The summed E-state index contributed by atoms with van der Waals surface area (Å²) in [6.07, 6.45) is 6.66. The maximum absolute atomic E-state index is 12.7. The van der Waals surface area contributed by atoms with E-state index in [1.165, 1.54) is 55.5 Å². The van der Waals surface area contributed by atoms with Crippen LogP contribution in [-0.4, -0.2) is 98.7 Å². The van der Waals surface area contributed by atoms with E-state index in [1.807, 2.05) is 0 Å². The van der Waals surface area contributed by atoms with Crippen LogP contribution in [0.3, 0.4) is 0 Å². The number of rotatable bonds is 8. The van der Waals surface area contributed by atoms with E-state index in [0.717, 1.165) is 25.7 Å². The van der Waals surface area contributed by atoms with Crippen LogP contribution in [0.5, 0.6) is 34.5 Å². The number of carbonyl (C=O) groups excluding carboxylic acids is 2. The third kappa shape index (κ3) is 9.59. The Kier molecular flexibility index (Phi) is 15.2. The van der Waals surface area contributed by atoms with Crippen LogP contribution < -0.4 is 39.1 Å². The predicted molar refractivity (Wildman–Crippen MR) is 202 cm³/mol. The van der Waals surface area contributed by atoms with Gasteiger partial charge in [-0.15, -0.1) is 0 Å². The van der Waals surface area contributed by atoms with Gasteiger partial charge in [0, 0.05) is 35.3 Å². The third-order valence-electron chi connectivity index (χ3n) is 9.15. The first-order valence-corrected chi connectivity index (χ1v) is 17.5. The van der Waals surface area contributed by atoms with Gasteiger partial charge >= 0.3 is 0 Å². The minimum absolute atomic E-state index is 0.297. The number of hydrogen-bond acceptors (Lipinski definition) is 10. The van der Waals surface area contributed by atoms with Crippen molar-refractivity contribution in [1.29, 1.82) is 0 Å². The number of nitrogens with one attached hydrogen (secondary N) is 2. The first-order chi connectivity index (χ1) is 23.8. The van der Waals surface area contributed by atoms with Gasteiger partial charge in [0.25, 0.3) is 11.8 Å². The van der Waals surface area contributed by atoms with Crippen molar-refractivity contribution in [3.8, 4) is 34.5 Å². The fourth-order valence-corrected chi connectivity index (χ4v) is 7.44. The molecule has 2 aromatic carbocycles. The second-order valence-electron chi connectivity index (χ2n) is 12.4. The molecule has 2 aliphatic heterocycles. The van der Waals surface area contributed by atoms with Crippen molar-refractivity contribution in [3.63, 3.8) is 0 Å². The highest BCUT2D eigenvalue weighted by molar-refractivity contribution is 7.80. The lowest BCUT2D eigenvalue weighted by molar-refractivity contribution is 0.0956. The molecular formula is C36H52N4O8S2. The van der Waals surface area contributed by atoms with Crippen LogP contribution in [0, 0.1) is 0 Å². The Morgan fingerprint density at radius 1 is 0.540 bits per heavy atom. The third-order valence-corrected chi connectivity index (χ3v) is 9.78. The van der Waals surface area contributed by atoms with Crippen LogP contribution in [0.15, 0.2) is 24.3 Å². The van der Waals surface area contributed by atoms with Crippen LogP contribution in [-0.2, 0) is 0 Å². The molecule has 0 radical (unpaired) electrons. The Hall–Kier alpha value is -4.04. The van der Waals surface area contributed by atoms with Crippen molar-refractivity contribution in [2.75, 3.05) is 42.7 Å². The quantitative estimate of drug-likeness (QED) is 0.311. The molecule has 276 valence electrons. The molecule has 12 nitrogen and oxygen atoms in total. The maximum Gasteiger partial charge on any atom is 0.257 e. The van der Waals surface area contributed by atoms with Crippen molar-refractivity contribution >= 4 is 46.5 Å². The highest BCUT2D eigenvalue weighted by Crippen LogP contribution is 2.39. The molecule has 2 fully saturated rings. The normalized spacial score (nSPS) is 20.0. The first kappa shape index (κ1) is 40.4. The smallest absolute Gasteiger partial charge is 0.257 e. The second kappa shape index (κ2) is 18.8. The predicted octanol–water partition coefficient (Wildman–Crippen LogP) is 5.98. The van der Waals surface area contributed by atoms with Gasteiger partial charge in [-0.1, -0.05) is 0 Å². The van der Waals surface area contributed by atoms with E-state index in [-0.39, 0.29) is 11.8 Å².